The smallest absolute Gasteiger partial charge is 0.256 e. The van der Waals surface area contributed by atoms with E-state index in [-0.39, 0.29) is 5.56 Å². The van der Waals surface area contributed by atoms with Crippen LogP contribution in [-0.4, -0.2) is 9.55 Å². The zero-order valence-electron chi connectivity index (χ0n) is 12.6. The number of aryl methyl sites for hydroxylation is 1. The Labute approximate surface area is 137 Å². The van der Waals surface area contributed by atoms with Crippen LogP contribution in [0.4, 0.5) is 0 Å². The minimum Gasteiger partial charge on any atom is -0.269 e. The molecule has 112 valence electrons. The maximum Gasteiger partial charge on any atom is 0.256 e. The van der Waals surface area contributed by atoms with Gasteiger partial charge in [-0.3, -0.25) is 14.3 Å². The van der Waals surface area contributed by atoms with E-state index in [0.29, 0.717) is 0 Å². The van der Waals surface area contributed by atoms with Crippen molar-refractivity contribution < 1.29 is 0 Å². The third-order valence-corrected chi connectivity index (χ3v) is 4.99. The third kappa shape index (κ3) is 2.28. The molecule has 4 heteroatoms. The number of hydrogen-bond acceptors (Lipinski definition) is 3. The predicted molar refractivity (Wildman–Crippen MR) is 95.4 cm³/mol. The molecular formula is C19H14N2OS. The maximum atomic E-state index is 12.4. The molecule has 1 aromatic carbocycles. The molecule has 0 fully saturated rings. The van der Waals surface area contributed by atoms with Gasteiger partial charge in [-0.1, -0.05) is 30.3 Å². The third-order valence-electron chi connectivity index (χ3n) is 3.88. The highest BCUT2D eigenvalue weighted by atomic mass is 32.1. The molecule has 0 bridgehead atoms. The fourth-order valence-corrected chi connectivity index (χ4v) is 4.08. The van der Waals surface area contributed by atoms with Crippen molar-refractivity contribution in [1.82, 2.24) is 9.55 Å². The first-order chi connectivity index (χ1) is 11.3. The molecule has 4 aromatic rings. The van der Waals surface area contributed by atoms with Crippen molar-refractivity contribution in [3.8, 4) is 16.8 Å². The minimum atomic E-state index is -0.0358. The van der Waals surface area contributed by atoms with Gasteiger partial charge in [-0.25, -0.2) is 0 Å². The van der Waals surface area contributed by atoms with E-state index < -0.39 is 0 Å². The zero-order valence-corrected chi connectivity index (χ0v) is 13.4. The van der Waals surface area contributed by atoms with Gasteiger partial charge in [0.05, 0.1) is 11.9 Å². The lowest BCUT2D eigenvalue weighted by molar-refractivity contribution is 1.04. The summed E-state index contributed by atoms with van der Waals surface area (Å²) in [5.41, 5.74) is 3.13. The molecule has 0 aliphatic rings. The number of aromatic nitrogens is 2. The van der Waals surface area contributed by atoms with E-state index in [4.69, 9.17) is 0 Å². The van der Waals surface area contributed by atoms with Gasteiger partial charge in [0.2, 0.25) is 0 Å². The molecule has 0 spiro atoms. The summed E-state index contributed by atoms with van der Waals surface area (Å²) in [6.45, 7) is 2.10. The highest BCUT2D eigenvalue weighted by Crippen LogP contribution is 2.38. The van der Waals surface area contributed by atoms with Crippen LogP contribution in [0, 0.1) is 6.92 Å². The number of pyridine rings is 2. The molecule has 0 N–H and O–H groups in total. The zero-order chi connectivity index (χ0) is 15.8. The standard InChI is InChI=1S/C19H14N2OS/c1-13-18(14-6-3-2-4-7-14)16-9-10-17(22)21(19(16)23-13)15-8-5-11-20-12-15/h2-12H,1H3. The van der Waals surface area contributed by atoms with Gasteiger partial charge in [0.1, 0.15) is 4.83 Å². The van der Waals surface area contributed by atoms with Gasteiger partial charge in [-0.2, -0.15) is 0 Å². The number of nitrogens with zero attached hydrogens (tertiary/aromatic N) is 2. The largest absolute Gasteiger partial charge is 0.269 e. The molecule has 0 saturated heterocycles. The molecule has 0 atom stereocenters. The number of rotatable bonds is 2. The highest BCUT2D eigenvalue weighted by Gasteiger charge is 2.15. The van der Waals surface area contributed by atoms with Crippen molar-refractivity contribution in [1.29, 1.82) is 0 Å². The monoisotopic (exact) mass is 318 g/mol. The van der Waals surface area contributed by atoms with Crippen LogP contribution in [0.5, 0.6) is 0 Å². The summed E-state index contributed by atoms with van der Waals surface area (Å²) in [4.78, 5) is 18.7. The summed E-state index contributed by atoms with van der Waals surface area (Å²) in [6, 6.07) is 17.6. The van der Waals surface area contributed by atoms with E-state index in [1.165, 1.54) is 16.0 Å². The first-order valence-corrected chi connectivity index (χ1v) is 8.18. The summed E-state index contributed by atoms with van der Waals surface area (Å²) in [5.74, 6) is 0. The molecule has 0 unspecified atom stereocenters. The van der Waals surface area contributed by atoms with Crippen molar-refractivity contribution in [2.24, 2.45) is 0 Å². The van der Waals surface area contributed by atoms with Gasteiger partial charge in [0.15, 0.2) is 0 Å². The Morgan fingerprint density at radius 1 is 1.00 bits per heavy atom. The van der Waals surface area contributed by atoms with Gasteiger partial charge < -0.3 is 0 Å². The van der Waals surface area contributed by atoms with Crippen LogP contribution < -0.4 is 5.56 Å². The molecule has 23 heavy (non-hydrogen) atoms. The molecule has 0 aliphatic carbocycles. The van der Waals surface area contributed by atoms with E-state index >= 15 is 0 Å². The molecule has 3 nitrogen and oxygen atoms in total. The molecule has 3 heterocycles. The van der Waals surface area contributed by atoms with Crippen LogP contribution in [0.1, 0.15) is 4.88 Å². The van der Waals surface area contributed by atoms with Crippen LogP contribution in [0.15, 0.2) is 71.8 Å². The average Bonchev–Trinajstić information content (AvgIpc) is 2.92. The Balaban J connectivity index is 2.08. The van der Waals surface area contributed by atoms with Gasteiger partial charge in [-0.15, -0.1) is 11.3 Å². The Hall–Kier alpha value is -2.72. The Morgan fingerprint density at radius 3 is 2.57 bits per heavy atom. The SMILES string of the molecule is Cc1sc2c(ccc(=O)n2-c2cccnc2)c1-c1ccccc1. The lowest BCUT2D eigenvalue weighted by atomic mass is 10.0. The fourth-order valence-electron chi connectivity index (χ4n) is 2.89. The summed E-state index contributed by atoms with van der Waals surface area (Å²) in [7, 11) is 0. The van der Waals surface area contributed by atoms with Gasteiger partial charge >= 0.3 is 0 Å². The minimum absolute atomic E-state index is 0.0358. The normalized spacial score (nSPS) is 11.0. The van der Waals surface area contributed by atoms with Crippen LogP contribution in [0.25, 0.3) is 27.0 Å². The summed E-state index contributed by atoms with van der Waals surface area (Å²) in [6.07, 6.45) is 3.43. The Kier molecular flexibility index (Phi) is 3.32. The van der Waals surface area contributed by atoms with Crippen LogP contribution >= 0.6 is 11.3 Å². The number of thiophene rings is 1. The second-order valence-electron chi connectivity index (χ2n) is 5.34. The Morgan fingerprint density at radius 2 is 1.83 bits per heavy atom. The first kappa shape index (κ1) is 13.9. The predicted octanol–water partition coefficient (Wildman–Crippen LogP) is 4.42. The quantitative estimate of drug-likeness (QED) is 0.548. The van der Waals surface area contributed by atoms with Crippen LogP contribution in [0.3, 0.4) is 0 Å². The van der Waals surface area contributed by atoms with Crippen molar-refractivity contribution >= 4 is 21.6 Å². The summed E-state index contributed by atoms with van der Waals surface area (Å²) < 4.78 is 1.74. The molecule has 0 saturated carbocycles. The van der Waals surface area contributed by atoms with E-state index in [1.807, 2.05) is 36.4 Å². The van der Waals surface area contributed by atoms with Crippen LogP contribution in [0.2, 0.25) is 0 Å². The molecule has 0 amide bonds. The van der Waals surface area contributed by atoms with Crippen molar-refractivity contribution in [3.05, 3.63) is 82.2 Å². The number of benzene rings is 1. The van der Waals surface area contributed by atoms with Gasteiger partial charge in [0, 0.05) is 28.1 Å². The summed E-state index contributed by atoms with van der Waals surface area (Å²) >= 11 is 1.64. The van der Waals surface area contributed by atoms with Crippen molar-refractivity contribution in [2.75, 3.05) is 0 Å². The summed E-state index contributed by atoms with van der Waals surface area (Å²) in [5, 5.41) is 1.10. The van der Waals surface area contributed by atoms with E-state index in [2.05, 4.69) is 24.0 Å². The lowest BCUT2D eigenvalue weighted by Crippen LogP contribution is -2.16. The van der Waals surface area contributed by atoms with Crippen LogP contribution in [-0.2, 0) is 0 Å². The van der Waals surface area contributed by atoms with Gasteiger partial charge in [-0.05, 0) is 30.7 Å². The number of fused-ring (bicyclic) bond motifs is 1. The molecular weight excluding hydrogens is 304 g/mol. The molecule has 0 radical (unpaired) electrons. The van der Waals surface area contributed by atoms with Crippen molar-refractivity contribution in [3.63, 3.8) is 0 Å². The Bertz CT molecular complexity index is 1030. The van der Waals surface area contributed by atoms with Gasteiger partial charge in [0.25, 0.3) is 5.56 Å². The second-order valence-corrected chi connectivity index (χ2v) is 6.54. The van der Waals surface area contributed by atoms with E-state index in [0.717, 1.165) is 15.9 Å². The number of hydrogen-bond donors (Lipinski definition) is 0. The molecule has 0 aliphatic heterocycles. The van der Waals surface area contributed by atoms with Crippen molar-refractivity contribution in [2.45, 2.75) is 6.92 Å². The second kappa shape index (κ2) is 5.48. The molecule has 3 aromatic heterocycles. The topological polar surface area (TPSA) is 34.9 Å². The van der Waals surface area contributed by atoms with E-state index in [1.54, 1.807) is 34.4 Å². The average molecular weight is 318 g/mol. The fraction of sp³-hybridized carbons (Fsp3) is 0.0526. The highest BCUT2D eigenvalue weighted by molar-refractivity contribution is 7.19. The van der Waals surface area contributed by atoms with E-state index in [9.17, 15) is 4.79 Å². The maximum absolute atomic E-state index is 12.4. The lowest BCUT2D eigenvalue weighted by Gasteiger charge is -2.07. The first-order valence-electron chi connectivity index (χ1n) is 7.36. The molecule has 4 rings (SSSR count).